The number of benzene rings is 1. The fourth-order valence-electron chi connectivity index (χ4n) is 2.40. The standard InChI is InChI=1S/C17H20N2O3S/c1-3-11(2)15(12-7-5-4-6-8-12)16(20)18-9-14-19-13(10-23-14)17(21)22/h4-8,10-11,15H,3,9H2,1-2H3,(H,18,20)(H,21,22). The summed E-state index contributed by atoms with van der Waals surface area (Å²) in [4.78, 5) is 27.4. The molecule has 2 N–H and O–H groups in total. The van der Waals surface area contributed by atoms with Gasteiger partial charge >= 0.3 is 5.97 Å². The van der Waals surface area contributed by atoms with E-state index in [2.05, 4.69) is 24.1 Å². The van der Waals surface area contributed by atoms with E-state index in [9.17, 15) is 9.59 Å². The molecule has 0 bridgehead atoms. The number of carboxylic acid groups (broad SMARTS) is 1. The van der Waals surface area contributed by atoms with Crippen molar-refractivity contribution in [3.63, 3.8) is 0 Å². The van der Waals surface area contributed by atoms with Crippen LogP contribution >= 0.6 is 11.3 Å². The van der Waals surface area contributed by atoms with E-state index in [1.165, 1.54) is 16.7 Å². The Kier molecular flexibility index (Phi) is 5.87. The molecule has 2 rings (SSSR count). The first-order chi connectivity index (χ1) is 11.0. The lowest BCUT2D eigenvalue weighted by Gasteiger charge is -2.22. The summed E-state index contributed by atoms with van der Waals surface area (Å²) in [5, 5.41) is 13.8. The summed E-state index contributed by atoms with van der Waals surface area (Å²) >= 11 is 1.23. The second kappa shape index (κ2) is 7.87. The van der Waals surface area contributed by atoms with E-state index in [0.29, 0.717) is 5.01 Å². The van der Waals surface area contributed by atoms with Crippen LogP contribution in [-0.2, 0) is 11.3 Å². The third kappa shape index (κ3) is 4.39. The minimum Gasteiger partial charge on any atom is -0.476 e. The van der Waals surface area contributed by atoms with Crippen LogP contribution in [0.4, 0.5) is 0 Å². The van der Waals surface area contributed by atoms with Crippen LogP contribution in [0.2, 0.25) is 0 Å². The fraction of sp³-hybridized carbons (Fsp3) is 0.353. The van der Waals surface area contributed by atoms with Gasteiger partial charge in [-0.25, -0.2) is 9.78 Å². The number of nitrogens with zero attached hydrogens (tertiary/aromatic N) is 1. The fourth-order valence-corrected chi connectivity index (χ4v) is 3.11. The van der Waals surface area contributed by atoms with E-state index in [-0.39, 0.29) is 30.0 Å². The highest BCUT2D eigenvalue weighted by Crippen LogP contribution is 2.27. The lowest BCUT2D eigenvalue weighted by molar-refractivity contribution is -0.123. The molecule has 1 aromatic carbocycles. The van der Waals surface area contributed by atoms with Crippen molar-refractivity contribution < 1.29 is 14.7 Å². The Morgan fingerprint density at radius 1 is 1.30 bits per heavy atom. The van der Waals surface area contributed by atoms with Crippen LogP contribution in [0.15, 0.2) is 35.7 Å². The molecule has 1 heterocycles. The molecule has 0 radical (unpaired) electrons. The SMILES string of the molecule is CCC(C)C(C(=O)NCc1nc(C(=O)O)cs1)c1ccccc1. The molecule has 0 aliphatic heterocycles. The Labute approximate surface area is 139 Å². The average Bonchev–Trinajstić information content (AvgIpc) is 3.03. The van der Waals surface area contributed by atoms with Crippen LogP contribution < -0.4 is 5.32 Å². The number of nitrogens with one attached hydrogen (secondary N) is 1. The number of amides is 1. The number of aromatic nitrogens is 1. The number of carbonyl (C=O) groups is 2. The molecule has 0 fully saturated rings. The third-order valence-electron chi connectivity index (χ3n) is 3.84. The minimum atomic E-state index is -1.06. The van der Waals surface area contributed by atoms with Gasteiger partial charge in [0.25, 0.3) is 0 Å². The normalized spacial score (nSPS) is 13.3. The summed E-state index contributed by atoms with van der Waals surface area (Å²) in [5.74, 6) is -1.12. The molecule has 6 heteroatoms. The van der Waals surface area contributed by atoms with Crippen molar-refractivity contribution in [2.75, 3.05) is 0 Å². The van der Waals surface area contributed by atoms with Gasteiger partial charge in [-0.05, 0) is 11.5 Å². The first-order valence-electron chi connectivity index (χ1n) is 7.53. The molecule has 0 saturated carbocycles. The van der Waals surface area contributed by atoms with Gasteiger partial charge in [0.05, 0.1) is 12.5 Å². The van der Waals surface area contributed by atoms with Crippen LogP contribution in [0.5, 0.6) is 0 Å². The van der Waals surface area contributed by atoms with Gasteiger partial charge < -0.3 is 10.4 Å². The van der Waals surface area contributed by atoms with Gasteiger partial charge in [0.1, 0.15) is 5.01 Å². The number of thiazole rings is 1. The smallest absolute Gasteiger partial charge is 0.355 e. The van der Waals surface area contributed by atoms with Gasteiger partial charge in [0.15, 0.2) is 5.69 Å². The molecule has 5 nitrogen and oxygen atoms in total. The van der Waals surface area contributed by atoms with Crippen LogP contribution in [0, 0.1) is 5.92 Å². The predicted molar refractivity (Wildman–Crippen MR) is 89.6 cm³/mol. The number of rotatable bonds is 7. The summed E-state index contributed by atoms with van der Waals surface area (Å²) in [7, 11) is 0. The topological polar surface area (TPSA) is 79.3 Å². The predicted octanol–water partition coefficient (Wildman–Crippen LogP) is 3.29. The van der Waals surface area contributed by atoms with Crippen molar-refractivity contribution in [3.05, 3.63) is 52.0 Å². The first kappa shape index (κ1) is 17.1. The van der Waals surface area contributed by atoms with Crippen LogP contribution in [0.3, 0.4) is 0 Å². The molecule has 2 atom stereocenters. The number of aromatic carboxylic acids is 1. The first-order valence-corrected chi connectivity index (χ1v) is 8.41. The third-order valence-corrected chi connectivity index (χ3v) is 4.69. The highest BCUT2D eigenvalue weighted by atomic mass is 32.1. The molecular weight excluding hydrogens is 312 g/mol. The molecule has 2 aromatic rings. The zero-order valence-electron chi connectivity index (χ0n) is 13.2. The van der Waals surface area contributed by atoms with Gasteiger partial charge in [0.2, 0.25) is 5.91 Å². The number of hydrogen-bond acceptors (Lipinski definition) is 4. The van der Waals surface area contributed by atoms with Gasteiger partial charge in [-0.15, -0.1) is 11.3 Å². The Balaban J connectivity index is 2.07. The summed E-state index contributed by atoms with van der Waals surface area (Å²) in [6, 6.07) is 9.71. The second-order valence-electron chi connectivity index (χ2n) is 5.42. The summed E-state index contributed by atoms with van der Waals surface area (Å²) in [5.41, 5.74) is 1.01. The summed E-state index contributed by atoms with van der Waals surface area (Å²) in [6.07, 6.45) is 0.896. The van der Waals surface area contributed by atoms with Gasteiger partial charge in [-0.2, -0.15) is 0 Å². The minimum absolute atomic E-state index is 0.0146. The van der Waals surface area contributed by atoms with Gasteiger partial charge in [-0.1, -0.05) is 50.6 Å². The molecule has 0 saturated heterocycles. The van der Waals surface area contributed by atoms with Gasteiger partial charge in [0, 0.05) is 5.38 Å². The van der Waals surface area contributed by atoms with E-state index >= 15 is 0 Å². The molecule has 122 valence electrons. The maximum absolute atomic E-state index is 12.6. The van der Waals surface area contributed by atoms with Crippen molar-refractivity contribution in [1.29, 1.82) is 0 Å². The molecule has 1 aromatic heterocycles. The molecule has 1 amide bonds. The summed E-state index contributed by atoms with van der Waals surface area (Å²) in [6.45, 7) is 4.37. The van der Waals surface area contributed by atoms with Gasteiger partial charge in [-0.3, -0.25) is 4.79 Å². The quantitative estimate of drug-likeness (QED) is 0.815. The monoisotopic (exact) mass is 332 g/mol. The number of hydrogen-bond donors (Lipinski definition) is 2. The maximum atomic E-state index is 12.6. The van der Waals surface area contributed by atoms with Crippen molar-refractivity contribution >= 4 is 23.2 Å². The van der Waals surface area contributed by atoms with E-state index < -0.39 is 5.97 Å². The van der Waals surface area contributed by atoms with Crippen molar-refractivity contribution in [1.82, 2.24) is 10.3 Å². The highest BCUT2D eigenvalue weighted by molar-refractivity contribution is 7.09. The van der Waals surface area contributed by atoms with Crippen molar-refractivity contribution in [2.45, 2.75) is 32.7 Å². The summed E-state index contributed by atoms with van der Waals surface area (Å²) < 4.78 is 0. The van der Waals surface area contributed by atoms with Crippen molar-refractivity contribution in [2.24, 2.45) is 5.92 Å². The lowest BCUT2D eigenvalue weighted by atomic mass is 9.85. The van der Waals surface area contributed by atoms with Crippen LogP contribution in [-0.4, -0.2) is 22.0 Å². The maximum Gasteiger partial charge on any atom is 0.355 e. The Morgan fingerprint density at radius 3 is 2.57 bits per heavy atom. The lowest BCUT2D eigenvalue weighted by Crippen LogP contribution is -2.32. The van der Waals surface area contributed by atoms with E-state index in [0.717, 1.165) is 12.0 Å². The highest BCUT2D eigenvalue weighted by Gasteiger charge is 2.25. The van der Waals surface area contributed by atoms with Crippen molar-refractivity contribution in [3.8, 4) is 0 Å². The van der Waals surface area contributed by atoms with E-state index in [1.54, 1.807) is 0 Å². The van der Waals surface area contributed by atoms with E-state index in [4.69, 9.17) is 5.11 Å². The number of carbonyl (C=O) groups excluding carboxylic acids is 1. The van der Waals surface area contributed by atoms with E-state index in [1.807, 2.05) is 30.3 Å². The molecule has 23 heavy (non-hydrogen) atoms. The number of carboxylic acids is 1. The Bertz CT molecular complexity index is 669. The zero-order valence-corrected chi connectivity index (χ0v) is 14.0. The van der Waals surface area contributed by atoms with Crippen LogP contribution in [0.1, 0.15) is 47.2 Å². The molecular formula is C17H20N2O3S. The molecule has 0 spiro atoms. The molecule has 0 aliphatic rings. The van der Waals surface area contributed by atoms with Crippen LogP contribution in [0.25, 0.3) is 0 Å². The Morgan fingerprint density at radius 2 is 2.00 bits per heavy atom. The second-order valence-corrected chi connectivity index (χ2v) is 6.37. The molecule has 2 unspecified atom stereocenters. The molecule has 0 aliphatic carbocycles. The largest absolute Gasteiger partial charge is 0.476 e. The average molecular weight is 332 g/mol. The zero-order chi connectivity index (χ0) is 16.8. The Hall–Kier alpha value is -2.21.